The molecule has 15 heavy (non-hydrogen) atoms. The molecule has 0 aliphatic rings. The van der Waals surface area contributed by atoms with Gasteiger partial charge in [-0.2, -0.15) is 5.10 Å². The summed E-state index contributed by atoms with van der Waals surface area (Å²) in [5, 5.41) is 5.75. The number of nitrogens with two attached hydrogens (primary N) is 1. The zero-order chi connectivity index (χ0) is 11.0. The molecule has 80 valence electrons. The molecule has 3 nitrogen and oxygen atoms in total. The van der Waals surface area contributed by atoms with E-state index in [0.29, 0.717) is 0 Å². The third-order valence-electron chi connectivity index (χ3n) is 2.84. The first-order chi connectivity index (χ1) is 7.15. The van der Waals surface area contributed by atoms with E-state index in [2.05, 4.69) is 25.0 Å². The molecule has 0 aliphatic heterocycles. The van der Waals surface area contributed by atoms with Crippen LogP contribution >= 0.6 is 0 Å². The lowest BCUT2D eigenvalue weighted by Gasteiger charge is -2.07. The third-order valence-corrected chi connectivity index (χ3v) is 2.84. The summed E-state index contributed by atoms with van der Waals surface area (Å²) in [7, 11) is 0. The van der Waals surface area contributed by atoms with E-state index in [1.165, 1.54) is 16.6 Å². The minimum Gasteiger partial charge on any atom is -0.324 e. The van der Waals surface area contributed by atoms with E-state index >= 15 is 0 Å². The zero-order valence-corrected chi connectivity index (χ0v) is 9.49. The molecule has 0 spiro atoms. The van der Waals surface area contributed by atoms with E-state index in [4.69, 9.17) is 5.73 Å². The number of fused-ring (bicyclic) bond motifs is 1. The Morgan fingerprint density at radius 3 is 2.80 bits per heavy atom. The van der Waals surface area contributed by atoms with Crippen molar-refractivity contribution in [3.8, 4) is 0 Å². The second-order valence-corrected chi connectivity index (χ2v) is 3.93. The maximum atomic E-state index is 5.96. The maximum absolute atomic E-state index is 5.96. The van der Waals surface area contributed by atoms with Gasteiger partial charge in [0, 0.05) is 23.7 Å². The molecule has 1 unspecified atom stereocenters. The molecule has 3 heteroatoms. The number of aromatic nitrogens is 2. The second-order valence-electron chi connectivity index (χ2n) is 3.93. The second kappa shape index (κ2) is 3.66. The van der Waals surface area contributed by atoms with Crippen LogP contribution in [0.15, 0.2) is 18.2 Å². The Kier molecular flexibility index (Phi) is 2.49. The summed E-state index contributed by atoms with van der Waals surface area (Å²) in [5.41, 5.74) is 9.40. The summed E-state index contributed by atoms with van der Waals surface area (Å²) in [6, 6.07) is 6.21. The molecule has 0 saturated carbocycles. The molecule has 1 atom stereocenters. The van der Waals surface area contributed by atoms with Gasteiger partial charge >= 0.3 is 0 Å². The van der Waals surface area contributed by atoms with E-state index in [-0.39, 0.29) is 6.04 Å². The molecule has 2 aromatic rings. The van der Waals surface area contributed by atoms with Gasteiger partial charge in [-0.15, -0.1) is 0 Å². The molecule has 2 rings (SSSR count). The van der Waals surface area contributed by atoms with E-state index in [1.807, 2.05) is 23.7 Å². The van der Waals surface area contributed by atoms with Crippen molar-refractivity contribution < 1.29 is 0 Å². The van der Waals surface area contributed by atoms with E-state index < -0.39 is 0 Å². The highest BCUT2D eigenvalue weighted by molar-refractivity contribution is 5.85. The Morgan fingerprint density at radius 2 is 2.20 bits per heavy atom. The minimum atomic E-state index is 0.0573. The van der Waals surface area contributed by atoms with Crippen LogP contribution in [0.3, 0.4) is 0 Å². The van der Waals surface area contributed by atoms with Crippen LogP contribution in [0.25, 0.3) is 10.9 Å². The Bertz CT molecular complexity index is 483. The van der Waals surface area contributed by atoms with Crippen molar-refractivity contribution in [3.05, 3.63) is 29.5 Å². The molecular formula is C12H17N3. The van der Waals surface area contributed by atoms with Crippen molar-refractivity contribution in [1.29, 1.82) is 0 Å². The number of aryl methyl sites for hydroxylation is 2. The first-order valence-corrected chi connectivity index (χ1v) is 5.36. The number of benzene rings is 1. The van der Waals surface area contributed by atoms with Crippen molar-refractivity contribution >= 4 is 10.9 Å². The van der Waals surface area contributed by atoms with Crippen LogP contribution in [-0.4, -0.2) is 9.78 Å². The van der Waals surface area contributed by atoms with Crippen LogP contribution < -0.4 is 5.73 Å². The highest BCUT2D eigenvalue weighted by Gasteiger charge is 2.12. The monoisotopic (exact) mass is 203 g/mol. The average Bonchev–Trinajstić information content (AvgIpc) is 2.55. The van der Waals surface area contributed by atoms with Gasteiger partial charge in [0.15, 0.2) is 0 Å². The Hall–Kier alpha value is -1.35. The average molecular weight is 203 g/mol. The normalized spacial score (nSPS) is 13.3. The highest BCUT2D eigenvalue weighted by Crippen LogP contribution is 2.25. The minimum absolute atomic E-state index is 0.0573. The molecule has 0 bridgehead atoms. The van der Waals surface area contributed by atoms with Crippen molar-refractivity contribution in [2.24, 2.45) is 5.73 Å². The first-order valence-electron chi connectivity index (χ1n) is 5.36. The number of nitrogens with zero attached hydrogens (tertiary/aromatic N) is 2. The van der Waals surface area contributed by atoms with Crippen LogP contribution in [-0.2, 0) is 6.54 Å². The zero-order valence-electron chi connectivity index (χ0n) is 9.49. The summed E-state index contributed by atoms with van der Waals surface area (Å²) in [6.45, 7) is 7.12. The lowest BCUT2D eigenvalue weighted by molar-refractivity contribution is 0.647. The first kappa shape index (κ1) is 10.2. The summed E-state index contributed by atoms with van der Waals surface area (Å²) < 4.78 is 2.02. The van der Waals surface area contributed by atoms with Gasteiger partial charge in [-0.25, -0.2) is 0 Å². The van der Waals surface area contributed by atoms with Crippen molar-refractivity contribution in [2.75, 3.05) is 0 Å². The van der Waals surface area contributed by atoms with Crippen molar-refractivity contribution in [2.45, 2.75) is 33.4 Å². The Morgan fingerprint density at radius 1 is 1.47 bits per heavy atom. The third kappa shape index (κ3) is 1.53. The van der Waals surface area contributed by atoms with Gasteiger partial charge in [-0.1, -0.05) is 12.1 Å². The standard InChI is InChI=1S/C12H17N3/c1-4-15-9(3)12-10(8(2)13)6-5-7-11(12)14-15/h5-8H,4,13H2,1-3H3. The Balaban J connectivity index is 2.78. The Labute approximate surface area is 89.9 Å². The van der Waals surface area contributed by atoms with Gasteiger partial charge < -0.3 is 5.73 Å². The van der Waals surface area contributed by atoms with Gasteiger partial charge in [-0.05, 0) is 32.4 Å². The van der Waals surface area contributed by atoms with Crippen molar-refractivity contribution in [3.63, 3.8) is 0 Å². The van der Waals surface area contributed by atoms with Gasteiger partial charge in [0.05, 0.1) is 5.52 Å². The smallest absolute Gasteiger partial charge is 0.0929 e. The van der Waals surface area contributed by atoms with Crippen LogP contribution in [0.1, 0.15) is 31.1 Å². The highest BCUT2D eigenvalue weighted by atomic mass is 15.3. The fraction of sp³-hybridized carbons (Fsp3) is 0.417. The van der Waals surface area contributed by atoms with Crippen LogP contribution in [0.5, 0.6) is 0 Å². The molecule has 0 fully saturated rings. The predicted molar refractivity (Wildman–Crippen MR) is 62.7 cm³/mol. The fourth-order valence-corrected chi connectivity index (χ4v) is 2.06. The lowest BCUT2D eigenvalue weighted by atomic mass is 10.0. The maximum Gasteiger partial charge on any atom is 0.0929 e. The van der Waals surface area contributed by atoms with Gasteiger partial charge in [0.2, 0.25) is 0 Å². The largest absolute Gasteiger partial charge is 0.324 e. The predicted octanol–water partition coefficient (Wildman–Crippen LogP) is 2.38. The summed E-state index contributed by atoms with van der Waals surface area (Å²) in [6.07, 6.45) is 0. The topological polar surface area (TPSA) is 43.8 Å². The van der Waals surface area contributed by atoms with Gasteiger partial charge in [0.1, 0.15) is 0 Å². The van der Waals surface area contributed by atoms with Gasteiger partial charge in [0.25, 0.3) is 0 Å². The van der Waals surface area contributed by atoms with Crippen LogP contribution in [0.2, 0.25) is 0 Å². The number of rotatable bonds is 2. The van der Waals surface area contributed by atoms with Crippen LogP contribution in [0.4, 0.5) is 0 Å². The number of hydrogen-bond donors (Lipinski definition) is 1. The molecule has 0 aliphatic carbocycles. The summed E-state index contributed by atoms with van der Waals surface area (Å²) in [4.78, 5) is 0. The molecule has 2 N–H and O–H groups in total. The molecule has 0 saturated heterocycles. The molecular weight excluding hydrogens is 186 g/mol. The summed E-state index contributed by atoms with van der Waals surface area (Å²) >= 11 is 0. The lowest BCUT2D eigenvalue weighted by Crippen LogP contribution is -2.05. The van der Waals surface area contributed by atoms with Crippen molar-refractivity contribution in [1.82, 2.24) is 9.78 Å². The quantitative estimate of drug-likeness (QED) is 0.814. The van der Waals surface area contributed by atoms with Gasteiger partial charge in [-0.3, -0.25) is 4.68 Å². The molecule has 1 aromatic heterocycles. The SMILES string of the molecule is CCn1nc2cccc(C(C)N)c2c1C. The van der Waals surface area contributed by atoms with E-state index in [0.717, 1.165) is 12.1 Å². The molecule has 0 radical (unpaired) electrons. The van der Waals surface area contributed by atoms with E-state index in [1.54, 1.807) is 0 Å². The summed E-state index contributed by atoms with van der Waals surface area (Å²) in [5.74, 6) is 0. The van der Waals surface area contributed by atoms with Crippen LogP contribution in [0, 0.1) is 6.92 Å². The molecule has 1 heterocycles. The fourth-order valence-electron chi connectivity index (χ4n) is 2.06. The molecule has 1 aromatic carbocycles. The van der Waals surface area contributed by atoms with E-state index in [9.17, 15) is 0 Å². The number of hydrogen-bond acceptors (Lipinski definition) is 2. The molecule has 0 amide bonds.